The minimum atomic E-state index is -1.20. The topological polar surface area (TPSA) is 111 Å². The van der Waals surface area contributed by atoms with E-state index in [2.05, 4.69) is 10.1 Å². The van der Waals surface area contributed by atoms with Crippen molar-refractivity contribution >= 4 is 58.0 Å². The number of hydrogen-bond donors (Lipinski definition) is 1. The van der Waals surface area contributed by atoms with Gasteiger partial charge in [0.25, 0.3) is 5.69 Å². The molecule has 2 heterocycles. The maximum absolute atomic E-state index is 12.3. The molecule has 2 aromatic carbocycles. The van der Waals surface area contributed by atoms with E-state index in [9.17, 15) is 20.0 Å². The lowest BCUT2D eigenvalue weighted by molar-refractivity contribution is -0.385. The van der Waals surface area contributed by atoms with Crippen molar-refractivity contribution in [2.75, 3.05) is 6.26 Å². The van der Waals surface area contributed by atoms with Crippen molar-refractivity contribution in [1.29, 1.82) is 0 Å². The molecule has 1 N–H and O–H groups in total. The number of thioether (sulfide) groups is 1. The fraction of sp³-hybridized carbons (Fsp3) is 0.136. The van der Waals surface area contributed by atoms with Gasteiger partial charge in [-0.1, -0.05) is 58.8 Å². The van der Waals surface area contributed by atoms with Gasteiger partial charge < -0.3 is 5.11 Å². The van der Waals surface area contributed by atoms with Gasteiger partial charge in [-0.25, -0.2) is 9.78 Å². The number of nitro groups is 1. The maximum atomic E-state index is 12.3. The lowest BCUT2D eigenvalue weighted by Gasteiger charge is -2.05. The Morgan fingerprint density at radius 3 is 2.62 bits per heavy atom. The van der Waals surface area contributed by atoms with Crippen LogP contribution in [0.5, 0.6) is 0 Å². The van der Waals surface area contributed by atoms with Crippen LogP contribution in [-0.2, 0) is 6.42 Å². The second kappa shape index (κ2) is 9.75. The Morgan fingerprint density at radius 2 is 1.97 bits per heavy atom. The molecule has 0 aliphatic heterocycles. The minimum absolute atomic E-state index is 0.0467. The van der Waals surface area contributed by atoms with E-state index in [4.69, 9.17) is 23.2 Å². The number of hydrogen-bond acceptors (Lipinski definition) is 7. The molecule has 2 aromatic heterocycles. The van der Waals surface area contributed by atoms with E-state index in [1.165, 1.54) is 33.8 Å². The van der Waals surface area contributed by atoms with Crippen molar-refractivity contribution in [2.45, 2.75) is 17.6 Å². The molecule has 0 amide bonds. The Hall–Kier alpha value is -2.92. The molecule has 0 saturated heterocycles. The largest absolute Gasteiger partial charge is 0.476 e. The van der Waals surface area contributed by atoms with E-state index in [1.807, 2.05) is 6.26 Å². The van der Waals surface area contributed by atoms with Crippen LogP contribution in [0, 0.1) is 17.0 Å². The highest BCUT2D eigenvalue weighted by molar-refractivity contribution is 8.00. The molecule has 0 saturated carbocycles. The third-order valence-corrected chi connectivity index (χ3v) is 7.97. The summed E-state index contributed by atoms with van der Waals surface area (Å²) in [4.78, 5) is 27.9. The van der Waals surface area contributed by atoms with Gasteiger partial charge in [0.1, 0.15) is 0 Å². The van der Waals surface area contributed by atoms with Crippen LogP contribution in [0.4, 0.5) is 5.69 Å². The predicted octanol–water partition coefficient (Wildman–Crippen LogP) is 6.53. The molecule has 0 fully saturated rings. The number of aryl methyl sites for hydroxylation is 1. The molecular formula is C22H16Cl2N4O4S2. The van der Waals surface area contributed by atoms with Crippen LogP contribution in [0.25, 0.3) is 16.4 Å². The van der Waals surface area contributed by atoms with Crippen LogP contribution in [0.15, 0.2) is 46.7 Å². The number of carboxylic acids is 1. The predicted molar refractivity (Wildman–Crippen MR) is 134 cm³/mol. The molecule has 0 aliphatic rings. The molecular weight excluding hydrogens is 519 g/mol. The summed E-state index contributed by atoms with van der Waals surface area (Å²) in [6, 6.07) is 11.4. The number of aromatic nitrogens is 3. The SMILES string of the molecule is CSc1sc(-n2nc(C)c(Cc3ccccc3[N+](=O)[O-])c2C(=O)O)nc1-c1ccc(Cl)c(Cl)c1. The van der Waals surface area contributed by atoms with E-state index >= 15 is 0 Å². The molecule has 0 bridgehead atoms. The average molecular weight is 535 g/mol. The number of carbonyl (C=O) groups is 1. The molecule has 0 aliphatic carbocycles. The quantitative estimate of drug-likeness (QED) is 0.163. The zero-order valence-electron chi connectivity index (χ0n) is 17.8. The van der Waals surface area contributed by atoms with Gasteiger partial charge in [-0.15, -0.1) is 11.8 Å². The fourth-order valence-electron chi connectivity index (χ4n) is 3.51. The van der Waals surface area contributed by atoms with Crippen molar-refractivity contribution in [3.8, 4) is 16.4 Å². The number of rotatable bonds is 7. The Kier molecular flexibility index (Phi) is 6.94. The summed E-state index contributed by atoms with van der Waals surface area (Å²) in [6.07, 6.45) is 1.94. The van der Waals surface area contributed by atoms with Crippen LogP contribution >= 0.6 is 46.3 Å². The van der Waals surface area contributed by atoms with Gasteiger partial charge in [-0.05, 0) is 25.3 Å². The highest BCUT2D eigenvalue weighted by Crippen LogP contribution is 2.39. The Labute approximate surface area is 212 Å². The lowest BCUT2D eigenvalue weighted by atomic mass is 10.0. The van der Waals surface area contributed by atoms with Gasteiger partial charge in [-0.3, -0.25) is 10.1 Å². The standard InChI is InChI=1S/C22H16Cl2N4O4S2/c1-11-14(9-12-5-3-4-6-17(12)28(31)32)19(20(29)30)27(26-11)22-25-18(21(33-2)34-22)13-7-8-15(23)16(24)10-13/h3-8,10H,9H2,1-2H3,(H,29,30). The van der Waals surface area contributed by atoms with Gasteiger partial charge >= 0.3 is 5.97 Å². The van der Waals surface area contributed by atoms with Crippen molar-refractivity contribution in [3.63, 3.8) is 0 Å². The molecule has 4 aromatic rings. The summed E-state index contributed by atoms with van der Waals surface area (Å²) in [6.45, 7) is 1.68. The van der Waals surface area contributed by atoms with Gasteiger partial charge in [0.05, 0.1) is 30.6 Å². The average Bonchev–Trinajstić information content (AvgIpc) is 3.37. The number of carboxylic acid groups (broad SMARTS) is 1. The summed E-state index contributed by atoms with van der Waals surface area (Å²) in [5.41, 5.74) is 2.45. The monoisotopic (exact) mass is 534 g/mol. The first kappa shape index (κ1) is 24.2. The van der Waals surface area contributed by atoms with Crippen LogP contribution in [0.2, 0.25) is 10.0 Å². The molecule has 12 heteroatoms. The van der Waals surface area contributed by atoms with Gasteiger partial charge in [0, 0.05) is 29.2 Å². The summed E-state index contributed by atoms with van der Waals surface area (Å²) in [5.74, 6) is -1.20. The van der Waals surface area contributed by atoms with Gasteiger partial charge in [0.15, 0.2) is 5.69 Å². The third-order valence-electron chi connectivity index (χ3n) is 5.09. The van der Waals surface area contributed by atoms with Crippen LogP contribution < -0.4 is 0 Å². The second-order valence-corrected chi connectivity index (χ2v) is 10.0. The van der Waals surface area contributed by atoms with Gasteiger partial charge in [-0.2, -0.15) is 9.78 Å². The molecule has 0 spiro atoms. The molecule has 0 radical (unpaired) electrons. The summed E-state index contributed by atoms with van der Waals surface area (Å²) in [7, 11) is 0. The van der Waals surface area contributed by atoms with Crippen LogP contribution in [-0.4, -0.2) is 37.0 Å². The number of thiazole rings is 1. The Morgan fingerprint density at radius 1 is 1.24 bits per heavy atom. The Balaban J connectivity index is 1.84. The van der Waals surface area contributed by atoms with Crippen molar-refractivity contribution in [3.05, 3.63) is 85.1 Å². The number of halogens is 2. The molecule has 8 nitrogen and oxygen atoms in total. The van der Waals surface area contributed by atoms with Crippen molar-refractivity contribution < 1.29 is 14.8 Å². The van der Waals surface area contributed by atoms with E-state index in [0.717, 1.165) is 9.77 Å². The van der Waals surface area contributed by atoms with E-state index in [-0.39, 0.29) is 17.8 Å². The molecule has 0 unspecified atom stereocenters. The first-order valence-corrected chi connectivity index (χ1v) is 12.6. The first-order valence-electron chi connectivity index (χ1n) is 9.76. The van der Waals surface area contributed by atoms with Crippen LogP contribution in [0.3, 0.4) is 0 Å². The number of benzene rings is 2. The van der Waals surface area contributed by atoms with Gasteiger partial charge in [0.2, 0.25) is 5.13 Å². The first-order chi connectivity index (χ1) is 16.2. The molecule has 174 valence electrons. The zero-order valence-corrected chi connectivity index (χ0v) is 20.9. The van der Waals surface area contributed by atoms with E-state index in [0.29, 0.717) is 37.7 Å². The summed E-state index contributed by atoms with van der Waals surface area (Å²) in [5, 5.41) is 27.1. The molecule has 34 heavy (non-hydrogen) atoms. The number of para-hydroxylation sites is 1. The summed E-state index contributed by atoms with van der Waals surface area (Å²) < 4.78 is 2.13. The lowest BCUT2D eigenvalue weighted by Crippen LogP contribution is -2.10. The van der Waals surface area contributed by atoms with E-state index in [1.54, 1.807) is 43.3 Å². The maximum Gasteiger partial charge on any atom is 0.355 e. The van der Waals surface area contributed by atoms with Crippen molar-refractivity contribution in [1.82, 2.24) is 14.8 Å². The smallest absolute Gasteiger partial charge is 0.355 e. The number of nitro benzene ring substituents is 1. The van der Waals surface area contributed by atoms with Crippen molar-refractivity contribution in [2.24, 2.45) is 0 Å². The van der Waals surface area contributed by atoms with E-state index < -0.39 is 10.9 Å². The number of nitrogens with zero attached hydrogens (tertiary/aromatic N) is 4. The highest BCUT2D eigenvalue weighted by atomic mass is 35.5. The highest BCUT2D eigenvalue weighted by Gasteiger charge is 2.27. The number of aromatic carboxylic acids is 1. The molecule has 0 atom stereocenters. The summed E-state index contributed by atoms with van der Waals surface area (Å²) >= 11 is 15.0. The van der Waals surface area contributed by atoms with Crippen LogP contribution in [0.1, 0.15) is 27.3 Å². The second-order valence-electron chi connectivity index (χ2n) is 7.16. The minimum Gasteiger partial charge on any atom is -0.476 e. The zero-order chi connectivity index (χ0) is 24.6. The Bertz CT molecular complexity index is 1430. The third kappa shape index (κ3) is 4.54. The molecule has 4 rings (SSSR count). The normalized spacial score (nSPS) is 11.1. The fourth-order valence-corrected chi connectivity index (χ4v) is 5.50.